The molecule has 2 heterocycles. The lowest BCUT2D eigenvalue weighted by Crippen LogP contribution is -2.46. The first kappa shape index (κ1) is 28.2. The van der Waals surface area contributed by atoms with Gasteiger partial charge >= 0.3 is 0 Å². The molecule has 2 atom stereocenters. The first-order valence-corrected chi connectivity index (χ1v) is 13.8. The van der Waals surface area contributed by atoms with Crippen molar-refractivity contribution in [3.05, 3.63) is 99.1 Å². The highest BCUT2D eigenvalue weighted by atomic mass is 35.5. The zero-order chi connectivity index (χ0) is 28.4. The van der Waals surface area contributed by atoms with Gasteiger partial charge in [0.05, 0.1) is 41.1 Å². The van der Waals surface area contributed by atoms with Crippen LogP contribution >= 0.6 is 11.6 Å². The standard InChI is InChI=1S/C31H31ClFN3O4/c1-40-31(22-6-8-23(32)9-7-22)29-26(30(39)36(31)18-24-10-2-20(16-34)17-35-24)14-21(15-27(29)33)28(38)13-5-19-3-11-25(37)12-4-19/h2,6-10,14-15,17,19,25,28,37-38H,3-5,11-13,18H2,1H3/t19?,25?,28?,31-/m1/s1. The van der Waals surface area contributed by atoms with Gasteiger partial charge in [-0.2, -0.15) is 5.26 Å². The van der Waals surface area contributed by atoms with E-state index >= 15 is 4.39 Å². The van der Waals surface area contributed by atoms with Gasteiger partial charge in [-0.15, -0.1) is 0 Å². The predicted octanol–water partition coefficient (Wildman–Crippen LogP) is 5.61. The molecule has 0 radical (unpaired) electrons. The van der Waals surface area contributed by atoms with Crippen LogP contribution in [0.3, 0.4) is 0 Å². The number of nitrogens with zero attached hydrogens (tertiary/aromatic N) is 3. The molecule has 0 saturated heterocycles. The van der Waals surface area contributed by atoms with Crippen LogP contribution in [0.2, 0.25) is 5.02 Å². The largest absolute Gasteiger partial charge is 0.393 e. The summed E-state index contributed by atoms with van der Waals surface area (Å²) in [5.74, 6) is -0.722. The second kappa shape index (κ2) is 11.6. The lowest BCUT2D eigenvalue weighted by atomic mass is 9.83. The fourth-order valence-electron chi connectivity index (χ4n) is 5.99. The van der Waals surface area contributed by atoms with Gasteiger partial charge in [0, 0.05) is 23.9 Å². The van der Waals surface area contributed by atoms with Crippen molar-refractivity contribution in [2.75, 3.05) is 7.11 Å². The highest BCUT2D eigenvalue weighted by molar-refractivity contribution is 6.30. The van der Waals surface area contributed by atoms with Crippen LogP contribution in [0.15, 0.2) is 54.7 Å². The minimum absolute atomic E-state index is 0.0133. The lowest BCUT2D eigenvalue weighted by Gasteiger charge is -2.38. The Hall–Kier alpha value is -3.35. The lowest BCUT2D eigenvalue weighted by molar-refractivity contribution is -0.0885. The van der Waals surface area contributed by atoms with E-state index in [0.717, 1.165) is 32.1 Å². The Morgan fingerprint density at radius 3 is 2.55 bits per heavy atom. The van der Waals surface area contributed by atoms with Gasteiger partial charge in [-0.3, -0.25) is 14.7 Å². The van der Waals surface area contributed by atoms with Crippen LogP contribution in [0, 0.1) is 23.1 Å². The second-order valence-corrected chi connectivity index (χ2v) is 11.0. The monoisotopic (exact) mass is 563 g/mol. The fourth-order valence-corrected chi connectivity index (χ4v) is 6.11. The zero-order valence-electron chi connectivity index (χ0n) is 22.2. The van der Waals surface area contributed by atoms with E-state index in [2.05, 4.69) is 4.98 Å². The third-order valence-corrected chi connectivity index (χ3v) is 8.41. The van der Waals surface area contributed by atoms with Crippen LogP contribution < -0.4 is 0 Å². The van der Waals surface area contributed by atoms with E-state index in [0.29, 0.717) is 39.7 Å². The summed E-state index contributed by atoms with van der Waals surface area (Å²) >= 11 is 6.14. The number of halogens is 2. The van der Waals surface area contributed by atoms with Gasteiger partial charge in [0.1, 0.15) is 11.9 Å². The van der Waals surface area contributed by atoms with E-state index in [4.69, 9.17) is 21.6 Å². The molecule has 0 spiro atoms. The molecule has 5 rings (SSSR count). The van der Waals surface area contributed by atoms with Crippen molar-refractivity contribution in [1.29, 1.82) is 5.26 Å². The number of aliphatic hydroxyl groups excluding tert-OH is 2. The van der Waals surface area contributed by atoms with Gasteiger partial charge in [-0.05, 0) is 86.4 Å². The van der Waals surface area contributed by atoms with Crippen molar-refractivity contribution in [3.63, 3.8) is 0 Å². The third-order valence-electron chi connectivity index (χ3n) is 8.16. The summed E-state index contributed by atoms with van der Waals surface area (Å²) in [5, 5.41) is 30.4. The van der Waals surface area contributed by atoms with Crippen LogP contribution in [-0.2, 0) is 17.0 Å². The molecule has 0 bridgehead atoms. The Bertz CT molecular complexity index is 1420. The summed E-state index contributed by atoms with van der Waals surface area (Å²) < 4.78 is 22.1. The highest BCUT2D eigenvalue weighted by Gasteiger charge is 2.54. The number of benzene rings is 2. The number of methoxy groups -OCH3 is 1. The molecule has 1 aromatic heterocycles. The van der Waals surface area contributed by atoms with E-state index < -0.39 is 23.6 Å². The van der Waals surface area contributed by atoms with Crippen LogP contribution in [0.1, 0.15) is 82.9 Å². The van der Waals surface area contributed by atoms with Crippen molar-refractivity contribution < 1.29 is 24.1 Å². The predicted molar refractivity (Wildman–Crippen MR) is 147 cm³/mol. The van der Waals surface area contributed by atoms with Gasteiger partial charge in [0.25, 0.3) is 5.91 Å². The van der Waals surface area contributed by atoms with Crippen molar-refractivity contribution in [1.82, 2.24) is 9.88 Å². The number of carbonyl (C=O) groups excluding carboxylic acids is 1. The van der Waals surface area contributed by atoms with Crippen LogP contribution in [0.5, 0.6) is 0 Å². The quantitative estimate of drug-likeness (QED) is 0.369. The number of hydrogen-bond acceptors (Lipinski definition) is 6. The molecule has 1 aliphatic carbocycles. The molecule has 2 N–H and O–H groups in total. The Labute approximate surface area is 237 Å². The fraction of sp³-hybridized carbons (Fsp3) is 0.387. The summed E-state index contributed by atoms with van der Waals surface area (Å²) in [4.78, 5) is 19.7. The maximum atomic E-state index is 16.1. The van der Waals surface area contributed by atoms with Crippen LogP contribution in [-0.4, -0.2) is 39.2 Å². The van der Waals surface area contributed by atoms with Gasteiger partial charge in [-0.25, -0.2) is 4.39 Å². The molecule has 7 nitrogen and oxygen atoms in total. The molecule has 9 heteroatoms. The number of aromatic nitrogens is 1. The number of aliphatic hydroxyl groups is 2. The first-order valence-electron chi connectivity index (χ1n) is 13.4. The summed E-state index contributed by atoms with van der Waals surface area (Å²) in [7, 11) is 1.42. The van der Waals surface area contributed by atoms with E-state index in [-0.39, 0.29) is 23.8 Å². The molecule has 1 saturated carbocycles. The maximum absolute atomic E-state index is 16.1. The number of hydrogen-bond donors (Lipinski definition) is 2. The number of ether oxygens (including phenoxy) is 1. The molecule has 2 aromatic carbocycles. The molecule has 208 valence electrons. The molecular formula is C31H31ClFN3O4. The minimum Gasteiger partial charge on any atom is -0.393 e. The average molecular weight is 564 g/mol. The molecule has 1 aliphatic heterocycles. The average Bonchev–Trinajstić information content (AvgIpc) is 3.21. The SMILES string of the molecule is CO[C@]1(c2ccc(Cl)cc2)c2c(F)cc(C(O)CCC3CCC(O)CC3)cc2C(=O)N1Cc1ccc(C#N)cn1. The molecule has 2 aliphatic rings. The molecule has 1 unspecified atom stereocenters. The zero-order valence-corrected chi connectivity index (χ0v) is 22.9. The smallest absolute Gasteiger partial charge is 0.257 e. The van der Waals surface area contributed by atoms with Gasteiger partial charge < -0.3 is 14.9 Å². The molecule has 40 heavy (non-hydrogen) atoms. The summed E-state index contributed by atoms with van der Waals surface area (Å²) in [6.45, 7) is -0.0133. The van der Waals surface area contributed by atoms with Gasteiger partial charge in [-0.1, -0.05) is 23.7 Å². The van der Waals surface area contributed by atoms with Crippen molar-refractivity contribution >= 4 is 17.5 Å². The van der Waals surface area contributed by atoms with E-state index in [1.165, 1.54) is 24.3 Å². The molecule has 1 amide bonds. The third kappa shape index (κ3) is 5.23. The summed E-state index contributed by atoms with van der Waals surface area (Å²) in [5.41, 5.74) is 0.280. The Kier molecular flexibility index (Phi) is 8.20. The van der Waals surface area contributed by atoms with Gasteiger partial charge in [0.2, 0.25) is 0 Å². The minimum atomic E-state index is -1.61. The summed E-state index contributed by atoms with van der Waals surface area (Å²) in [6, 6.07) is 14.8. The van der Waals surface area contributed by atoms with Crippen molar-refractivity contribution in [3.8, 4) is 6.07 Å². The Morgan fingerprint density at radius 2 is 1.93 bits per heavy atom. The number of carbonyl (C=O) groups is 1. The van der Waals surface area contributed by atoms with E-state index in [9.17, 15) is 15.0 Å². The second-order valence-electron chi connectivity index (χ2n) is 10.6. The number of pyridine rings is 1. The molecule has 3 aromatic rings. The van der Waals surface area contributed by atoms with Crippen molar-refractivity contribution in [2.24, 2.45) is 5.92 Å². The maximum Gasteiger partial charge on any atom is 0.257 e. The van der Waals surface area contributed by atoms with Gasteiger partial charge in [0.15, 0.2) is 5.72 Å². The normalized spacial score (nSPS) is 23.1. The van der Waals surface area contributed by atoms with Crippen LogP contribution in [0.25, 0.3) is 0 Å². The Balaban J connectivity index is 1.52. The van der Waals surface area contributed by atoms with E-state index in [1.54, 1.807) is 42.5 Å². The topological polar surface area (TPSA) is 107 Å². The molecular weight excluding hydrogens is 533 g/mol. The highest BCUT2D eigenvalue weighted by Crippen LogP contribution is 2.48. The summed E-state index contributed by atoms with van der Waals surface area (Å²) in [6.07, 6.45) is 4.74. The van der Waals surface area contributed by atoms with Crippen molar-refractivity contribution in [2.45, 2.75) is 63.0 Å². The number of amides is 1. The first-order chi connectivity index (χ1) is 19.3. The van der Waals surface area contributed by atoms with Crippen LogP contribution in [0.4, 0.5) is 4.39 Å². The number of fused-ring (bicyclic) bond motifs is 1. The molecule has 1 fully saturated rings. The number of nitriles is 1. The van der Waals surface area contributed by atoms with E-state index in [1.807, 2.05) is 6.07 Å². The Morgan fingerprint density at radius 1 is 1.20 bits per heavy atom. The number of rotatable bonds is 8.